The summed E-state index contributed by atoms with van der Waals surface area (Å²) < 4.78 is 6.41. The van der Waals surface area contributed by atoms with E-state index in [1.807, 2.05) is 0 Å². The number of aromatic nitrogens is 1. The lowest BCUT2D eigenvalue weighted by Crippen LogP contribution is -2.23. The zero-order chi connectivity index (χ0) is 26.9. The molecule has 1 aromatic heterocycles. The summed E-state index contributed by atoms with van der Waals surface area (Å²) in [6.45, 7) is 0. The van der Waals surface area contributed by atoms with Gasteiger partial charge in [-0.05, 0) is 66.0 Å². The molecule has 4 heteroatoms. The smallest absolute Gasteiger partial charge is 0.227 e. The number of benzene rings is 6. The Morgan fingerprint density at radius 1 is 0.463 bits per heavy atom. The van der Waals surface area contributed by atoms with E-state index >= 15 is 0 Å². The highest BCUT2D eigenvalue weighted by Gasteiger charge is 2.31. The molecule has 6 aromatic carbocycles. The molecule has 0 amide bonds. The summed E-state index contributed by atoms with van der Waals surface area (Å²) in [6.07, 6.45) is 0. The molecule has 0 bridgehead atoms. The molecule has 0 spiro atoms. The van der Waals surface area contributed by atoms with Crippen LogP contribution in [-0.4, -0.2) is 4.98 Å². The lowest BCUT2D eigenvalue weighted by molar-refractivity contribution is 0.590. The van der Waals surface area contributed by atoms with Gasteiger partial charge in [0.25, 0.3) is 0 Å². The Labute approximate surface area is 237 Å². The molecule has 1 aliphatic carbocycles. The van der Waals surface area contributed by atoms with Crippen molar-refractivity contribution in [1.82, 2.24) is 4.98 Å². The fourth-order valence-electron chi connectivity index (χ4n) is 6.37. The number of hydrogen-bond donors (Lipinski definition) is 0. The van der Waals surface area contributed by atoms with E-state index in [4.69, 9.17) is 9.40 Å². The number of oxazole rings is 1. The molecule has 41 heavy (non-hydrogen) atoms. The Bertz CT molecular complexity index is 2010. The first-order valence-electron chi connectivity index (χ1n) is 13.8. The minimum absolute atomic E-state index is 0.641. The van der Waals surface area contributed by atoms with E-state index in [2.05, 4.69) is 149 Å². The Hall–Kier alpha value is -5.61. The Morgan fingerprint density at radius 2 is 1.00 bits per heavy atom. The van der Waals surface area contributed by atoms with Crippen molar-refractivity contribution in [2.75, 3.05) is 9.80 Å². The third kappa shape index (κ3) is 3.19. The van der Waals surface area contributed by atoms with Crippen LogP contribution >= 0.6 is 0 Å². The highest BCUT2D eigenvalue weighted by Crippen LogP contribution is 2.54. The van der Waals surface area contributed by atoms with Crippen LogP contribution in [0.4, 0.5) is 34.1 Å². The third-order valence-electron chi connectivity index (χ3n) is 8.15. The topological polar surface area (TPSA) is 32.5 Å². The molecule has 0 radical (unpaired) electrons. The van der Waals surface area contributed by atoms with Crippen LogP contribution in [-0.2, 0) is 0 Å². The highest BCUT2D eigenvalue weighted by molar-refractivity contribution is 6.13. The first kappa shape index (κ1) is 22.2. The molecule has 1 aliphatic heterocycles. The largest absolute Gasteiger partial charge is 0.435 e. The minimum Gasteiger partial charge on any atom is -0.435 e. The summed E-state index contributed by atoms with van der Waals surface area (Å²) in [6, 6.07) is 48.9. The van der Waals surface area contributed by atoms with Crippen molar-refractivity contribution in [2.45, 2.75) is 0 Å². The molecule has 0 unspecified atom stereocenters. The molecule has 7 aromatic rings. The number of nitrogens with zero attached hydrogens (tertiary/aromatic N) is 3. The first-order chi connectivity index (χ1) is 20.3. The van der Waals surface area contributed by atoms with E-state index < -0.39 is 0 Å². The normalized spacial score (nSPS) is 12.8. The van der Waals surface area contributed by atoms with Crippen LogP contribution in [0, 0.1) is 0 Å². The Balaban J connectivity index is 1.13. The number of hydrogen-bond acceptors (Lipinski definition) is 4. The average molecular weight is 526 g/mol. The van der Waals surface area contributed by atoms with Gasteiger partial charge < -0.3 is 14.2 Å². The van der Waals surface area contributed by atoms with E-state index in [0.29, 0.717) is 5.89 Å². The van der Waals surface area contributed by atoms with Crippen LogP contribution in [0.5, 0.6) is 0 Å². The maximum atomic E-state index is 6.41. The van der Waals surface area contributed by atoms with Gasteiger partial charge in [-0.1, -0.05) is 78.9 Å². The minimum atomic E-state index is 0.641. The van der Waals surface area contributed by atoms with Crippen molar-refractivity contribution >= 4 is 44.9 Å². The van der Waals surface area contributed by atoms with Gasteiger partial charge in [-0.2, -0.15) is 0 Å². The van der Waals surface area contributed by atoms with Gasteiger partial charge in [0.2, 0.25) is 5.89 Å². The van der Waals surface area contributed by atoms with Crippen LogP contribution < -0.4 is 9.80 Å². The monoisotopic (exact) mass is 525 g/mol. The van der Waals surface area contributed by atoms with Crippen LogP contribution in [0.3, 0.4) is 0 Å². The quantitative estimate of drug-likeness (QED) is 0.230. The molecule has 2 heterocycles. The fourth-order valence-corrected chi connectivity index (χ4v) is 6.37. The molecule has 9 rings (SSSR count). The van der Waals surface area contributed by atoms with Gasteiger partial charge in [0, 0.05) is 33.5 Å². The molecule has 0 fully saturated rings. The van der Waals surface area contributed by atoms with Crippen LogP contribution in [0.15, 0.2) is 144 Å². The van der Waals surface area contributed by atoms with Crippen LogP contribution in [0.2, 0.25) is 0 Å². The lowest BCUT2D eigenvalue weighted by atomic mass is 10.0. The molecule has 0 saturated carbocycles. The molecule has 192 valence electrons. The number of fused-ring (bicyclic) bond motifs is 5. The summed E-state index contributed by atoms with van der Waals surface area (Å²) in [5.41, 5.74) is 10.9. The van der Waals surface area contributed by atoms with Crippen molar-refractivity contribution in [1.29, 1.82) is 0 Å². The van der Waals surface area contributed by atoms with Gasteiger partial charge in [0.15, 0.2) is 5.76 Å². The van der Waals surface area contributed by atoms with Gasteiger partial charge in [0.05, 0.1) is 22.7 Å². The predicted molar refractivity (Wildman–Crippen MR) is 167 cm³/mol. The second-order valence-electron chi connectivity index (χ2n) is 10.4. The van der Waals surface area contributed by atoms with Crippen molar-refractivity contribution in [3.8, 4) is 34.0 Å². The molecule has 0 atom stereocenters. The number of anilines is 6. The molecule has 2 aliphatic rings. The zero-order valence-corrected chi connectivity index (χ0v) is 22.0. The van der Waals surface area contributed by atoms with E-state index in [1.165, 1.54) is 10.8 Å². The van der Waals surface area contributed by atoms with E-state index in [1.54, 1.807) is 0 Å². The van der Waals surface area contributed by atoms with Crippen LogP contribution in [0.25, 0.3) is 44.8 Å². The molecule has 4 nitrogen and oxygen atoms in total. The number of rotatable bonds is 3. The van der Waals surface area contributed by atoms with Crippen molar-refractivity contribution < 1.29 is 4.42 Å². The van der Waals surface area contributed by atoms with E-state index in [0.717, 1.165) is 62.3 Å². The lowest BCUT2D eigenvalue weighted by Gasteiger charge is -2.40. The van der Waals surface area contributed by atoms with E-state index in [9.17, 15) is 0 Å². The molecular formula is C37H23N3O. The molecule has 0 saturated heterocycles. The average Bonchev–Trinajstić information content (AvgIpc) is 3.60. The summed E-state index contributed by atoms with van der Waals surface area (Å²) in [5, 5.41) is 2.44. The number of para-hydroxylation sites is 5. The summed E-state index contributed by atoms with van der Waals surface area (Å²) >= 11 is 0. The highest BCUT2D eigenvalue weighted by atomic mass is 16.4. The second-order valence-corrected chi connectivity index (χ2v) is 10.4. The fraction of sp³-hybridized carbons (Fsp3) is 0. The summed E-state index contributed by atoms with van der Waals surface area (Å²) in [7, 11) is 0. The van der Waals surface area contributed by atoms with Crippen molar-refractivity contribution in [3.63, 3.8) is 0 Å². The van der Waals surface area contributed by atoms with Crippen molar-refractivity contribution in [3.05, 3.63) is 140 Å². The summed E-state index contributed by atoms with van der Waals surface area (Å²) in [4.78, 5) is 9.64. The van der Waals surface area contributed by atoms with Gasteiger partial charge in [-0.25, -0.2) is 4.98 Å². The third-order valence-corrected chi connectivity index (χ3v) is 8.15. The van der Waals surface area contributed by atoms with Gasteiger partial charge in [-0.3, -0.25) is 0 Å². The standard InChI is InChI=1S/C37H23N3O/c1-2-12-26(13-3-1)39-30-16-4-6-18-32(30)40(33-19-7-5-17-31(33)39)27-22-20-25(21-23-27)37-38-35-28-14-8-10-24-11-9-15-29(34(24)28)36(35)41-37/h1-23H. The second kappa shape index (κ2) is 8.44. The molecule has 0 N–H and O–H groups in total. The van der Waals surface area contributed by atoms with E-state index in [-0.39, 0.29) is 0 Å². The molecular weight excluding hydrogens is 502 g/mol. The van der Waals surface area contributed by atoms with Crippen LogP contribution in [0.1, 0.15) is 0 Å². The zero-order valence-electron chi connectivity index (χ0n) is 22.0. The Kier molecular flexibility index (Phi) is 4.58. The summed E-state index contributed by atoms with van der Waals surface area (Å²) in [5.74, 6) is 1.50. The first-order valence-corrected chi connectivity index (χ1v) is 13.8. The maximum Gasteiger partial charge on any atom is 0.227 e. The Morgan fingerprint density at radius 3 is 1.61 bits per heavy atom. The van der Waals surface area contributed by atoms with Gasteiger partial charge in [-0.15, -0.1) is 0 Å². The predicted octanol–water partition coefficient (Wildman–Crippen LogP) is 10.4. The van der Waals surface area contributed by atoms with Gasteiger partial charge >= 0.3 is 0 Å². The van der Waals surface area contributed by atoms with Crippen molar-refractivity contribution in [2.24, 2.45) is 0 Å². The SMILES string of the molecule is c1ccc(N2c3ccccc3N(c3ccc(-c4nc5c(o4)-c4cccc6cccc-5c46)cc3)c3ccccc32)cc1. The van der Waals surface area contributed by atoms with Gasteiger partial charge in [0.1, 0.15) is 5.69 Å². The maximum absolute atomic E-state index is 6.41.